The van der Waals surface area contributed by atoms with E-state index in [-0.39, 0.29) is 31.1 Å². The summed E-state index contributed by atoms with van der Waals surface area (Å²) in [7, 11) is 0. The molecule has 0 aliphatic heterocycles. The van der Waals surface area contributed by atoms with Crippen LogP contribution in [0, 0.1) is 0 Å². The predicted molar refractivity (Wildman–Crippen MR) is 224 cm³/mol. The number of esters is 3. The number of ether oxygens (including phenoxy) is 3. The summed E-state index contributed by atoms with van der Waals surface area (Å²) in [6, 6.07) is 0. The first-order valence-electron chi connectivity index (χ1n) is 22.8. The van der Waals surface area contributed by atoms with Crippen LogP contribution in [0.15, 0.2) is 24.3 Å². The molecule has 0 amide bonds. The first kappa shape index (κ1) is 50.9. The van der Waals surface area contributed by atoms with E-state index in [1.54, 1.807) is 0 Å². The summed E-state index contributed by atoms with van der Waals surface area (Å²) >= 11 is 0. The van der Waals surface area contributed by atoms with Crippen molar-refractivity contribution in [3.05, 3.63) is 24.3 Å². The van der Waals surface area contributed by atoms with Gasteiger partial charge in [-0.1, -0.05) is 199 Å². The zero-order valence-corrected chi connectivity index (χ0v) is 35.3. The second-order valence-electron chi connectivity index (χ2n) is 15.3. The van der Waals surface area contributed by atoms with Gasteiger partial charge in [0.15, 0.2) is 6.10 Å². The SMILES string of the molecule is CC/C=C\C/C=C\CCCCCCCC(=O)OCC(COC(=O)CCCCCCCCCCCCC)OC(=O)CCCCCCCCCCCCCC. The zero-order valence-electron chi connectivity index (χ0n) is 35.3. The van der Waals surface area contributed by atoms with Crippen molar-refractivity contribution in [1.82, 2.24) is 0 Å². The normalized spacial score (nSPS) is 12.1. The van der Waals surface area contributed by atoms with Crippen LogP contribution < -0.4 is 0 Å². The Kier molecular flexibility index (Phi) is 40.9. The Bertz CT molecular complexity index is 865. The van der Waals surface area contributed by atoms with Gasteiger partial charge in [0.2, 0.25) is 0 Å². The standard InChI is InChI=1S/C47H86O6/c1-4-7-10-13-16-19-22-25-28-31-34-37-40-46(49)52-43-44(42-51-45(48)39-36-33-30-27-24-21-18-15-12-9-6-3)53-47(50)41-38-35-32-29-26-23-20-17-14-11-8-5-2/h7,10,16,19,44H,4-6,8-9,11-15,17-18,20-43H2,1-3H3/b10-7-,19-16-. The Morgan fingerprint density at radius 1 is 0.396 bits per heavy atom. The molecule has 1 atom stereocenters. The maximum absolute atomic E-state index is 12.7. The number of allylic oxidation sites excluding steroid dienone is 4. The fourth-order valence-corrected chi connectivity index (χ4v) is 6.54. The van der Waals surface area contributed by atoms with E-state index in [0.29, 0.717) is 19.3 Å². The van der Waals surface area contributed by atoms with Gasteiger partial charge in [0.05, 0.1) is 0 Å². The molecule has 0 bridgehead atoms. The van der Waals surface area contributed by atoms with E-state index in [1.165, 1.54) is 116 Å². The van der Waals surface area contributed by atoms with E-state index < -0.39 is 6.10 Å². The topological polar surface area (TPSA) is 78.9 Å². The summed E-state index contributed by atoms with van der Waals surface area (Å²) in [4.78, 5) is 37.7. The van der Waals surface area contributed by atoms with Crippen molar-refractivity contribution in [3.8, 4) is 0 Å². The number of carbonyl (C=O) groups is 3. The molecule has 0 aliphatic carbocycles. The number of carbonyl (C=O) groups excluding carboxylic acids is 3. The first-order valence-corrected chi connectivity index (χ1v) is 22.8. The van der Waals surface area contributed by atoms with Crippen molar-refractivity contribution in [3.63, 3.8) is 0 Å². The Morgan fingerprint density at radius 2 is 0.736 bits per heavy atom. The molecular formula is C47H86O6. The van der Waals surface area contributed by atoms with E-state index in [2.05, 4.69) is 45.1 Å². The van der Waals surface area contributed by atoms with E-state index in [4.69, 9.17) is 14.2 Å². The van der Waals surface area contributed by atoms with Crippen LogP contribution in [0.25, 0.3) is 0 Å². The van der Waals surface area contributed by atoms with Crippen LogP contribution in [-0.4, -0.2) is 37.2 Å². The minimum absolute atomic E-state index is 0.0718. The molecular weight excluding hydrogens is 661 g/mol. The van der Waals surface area contributed by atoms with Gasteiger partial charge in [-0.2, -0.15) is 0 Å². The lowest BCUT2D eigenvalue weighted by Crippen LogP contribution is -2.30. The molecule has 0 rings (SSSR count). The summed E-state index contributed by atoms with van der Waals surface area (Å²) < 4.78 is 16.7. The van der Waals surface area contributed by atoms with Crippen LogP contribution >= 0.6 is 0 Å². The minimum atomic E-state index is -0.768. The molecule has 6 nitrogen and oxygen atoms in total. The molecule has 0 aromatic heterocycles. The Balaban J connectivity index is 4.36. The predicted octanol–water partition coefficient (Wildman–Crippen LogP) is 14.4. The molecule has 310 valence electrons. The highest BCUT2D eigenvalue weighted by Crippen LogP contribution is 2.15. The Labute approximate surface area is 328 Å². The molecule has 0 saturated carbocycles. The quantitative estimate of drug-likeness (QED) is 0.0268. The molecule has 0 radical (unpaired) electrons. The van der Waals surface area contributed by atoms with Crippen LogP contribution in [-0.2, 0) is 28.6 Å². The van der Waals surface area contributed by atoms with Gasteiger partial charge < -0.3 is 14.2 Å². The van der Waals surface area contributed by atoms with Crippen molar-refractivity contribution in [2.75, 3.05) is 13.2 Å². The molecule has 0 aromatic carbocycles. The molecule has 6 heteroatoms. The van der Waals surface area contributed by atoms with Crippen molar-refractivity contribution in [2.45, 2.75) is 245 Å². The molecule has 0 spiro atoms. The van der Waals surface area contributed by atoms with Crippen molar-refractivity contribution in [1.29, 1.82) is 0 Å². The van der Waals surface area contributed by atoms with Gasteiger partial charge in [0, 0.05) is 19.3 Å². The maximum Gasteiger partial charge on any atom is 0.306 e. The Hall–Kier alpha value is -2.11. The second-order valence-corrected chi connectivity index (χ2v) is 15.3. The first-order chi connectivity index (χ1) is 26.0. The van der Waals surface area contributed by atoms with E-state index in [1.807, 2.05) is 0 Å². The highest BCUT2D eigenvalue weighted by Gasteiger charge is 2.19. The van der Waals surface area contributed by atoms with Gasteiger partial charge >= 0.3 is 17.9 Å². The lowest BCUT2D eigenvalue weighted by atomic mass is 10.0. The van der Waals surface area contributed by atoms with Gasteiger partial charge in [-0.15, -0.1) is 0 Å². The molecule has 0 heterocycles. The smallest absolute Gasteiger partial charge is 0.306 e. The number of rotatable bonds is 41. The largest absolute Gasteiger partial charge is 0.462 e. The molecule has 0 aliphatic rings. The van der Waals surface area contributed by atoms with Crippen LogP contribution in [0.5, 0.6) is 0 Å². The molecule has 1 unspecified atom stereocenters. The third-order valence-corrected chi connectivity index (χ3v) is 9.97. The second kappa shape index (κ2) is 42.6. The van der Waals surface area contributed by atoms with Crippen molar-refractivity contribution >= 4 is 17.9 Å². The summed E-state index contributed by atoms with van der Waals surface area (Å²) in [5.74, 6) is -0.882. The van der Waals surface area contributed by atoms with E-state index in [9.17, 15) is 14.4 Å². The number of unbranched alkanes of at least 4 members (excludes halogenated alkanes) is 26. The highest BCUT2D eigenvalue weighted by molar-refractivity contribution is 5.71. The maximum atomic E-state index is 12.7. The molecule has 0 aromatic rings. The fraction of sp³-hybridized carbons (Fsp3) is 0.851. The van der Waals surface area contributed by atoms with Gasteiger partial charge in [-0.05, 0) is 44.9 Å². The summed E-state index contributed by atoms with van der Waals surface area (Å²) in [5, 5.41) is 0. The van der Waals surface area contributed by atoms with E-state index >= 15 is 0 Å². The number of hydrogen-bond acceptors (Lipinski definition) is 6. The van der Waals surface area contributed by atoms with Gasteiger partial charge in [0.1, 0.15) is 13.2 Å². The number of hydrogen-bond donors (Lipinski definition) is 0. The van der Waals surface area contributed by atoms with Crippen molar-refractivity contribution in [2.24, 2.45) is 0 Å². The van der Waals surface area contributed by atoms with Gasteiger partial charge in [0.25, 0.3) is 0 Å². The van der Waals surface area contributed by atoms with Gasteiger partial charge in [-0.3, -0.25) is 14.4 Å². The lowest BCUT2D eigenvalue weighted by molar-refractivity contribution is -0.167. The van der Waals surface area contributed by atoms with Crippen molar-refractivity contribution < 1.29 is 28.6 Å². The zero-order chi connectivity index (χ0) is 38.7. The average molecular weight is 747 g/mol. The average Bonchev–Trinajstić information content (AvgIpc) is 3.15. The van der Waals surface area contributed by atoms with Gasteiger partial charge in [-0.25, -0.2) is 0 Å². The third kappa shape index (κ3) is 40.9. The monoisotopic (exact) mass is 747 g/mol. The summed E-state index contributed by atoms with van der Waals surface area (Å²) in [6.45, 7) is 6.51. The summed E-state index contributed by atoms with van der Waals surface area (Å²) in [5.41, 5.74) is 0. The molecule has 0 saturated heterocycles. The molecule has 53 heavy (non-hydrogen) atoms. The van der Waals surface area contributed by atoms with Crippen LogP contribution in [0.4, 0.5) is 0 Å². The highest BCUT2D eigenvalue weighted by atomic mass is 16.6. The lowest BCUT2D eigenvalue weighted by Gasteiger charge is -2.18. The Morgan fingerprint density at radius 3 is 1.13 bits per heavy atom. The minimum Gasteiger partial charge on any atom is -0.462 e. The van der Waals surface area contributed by atoms with Crippen LogP contribution in [0.2, 0.25) is 0 Å². The fourth-order valence-electron chi connectivity index (χ4n) is 6.54. The van der Waals surface area contributed by atoms with E-state index in [0.717, 1.165) is 83.5 Å². The van der Waals surface area contributed by atoms with Crippen LogP contribution in [0.1, 0.15) is 239 Å². The summed E-state index contributed by atoms with van der Waals surface area (Å²) in [6.07, 6.45) is 45.8. The molecule has 0 fully saturated rings. The van der Waals surface area contributed by atoms with Crippen LogP contribution in [0.3, 0.4) is 0 Å². The molecule has 0 N–H and O–H groups in total. The third-order valence-electron chi connectivity index (χ3n) is 9.97.